The van der Waals surface area contributed by atoms with Gasteiger partial charge in [0.2, 0.25) is 5.91 Å². The number of carbonyl (C=O) groups is 1. The van der Waals surface area contributed by atoms with Gasteiger partial charge in [0.15, 0.2) is 0 Å². The molecule has 1 N–H and O–H groups in total. The van der Waals surface area contributed by atoms with Gasteiger partial charge in [-0.2, -0.15) is 0 Å². The van der Waals surface area contributed by atoms with Gasteiger partial charge >= 0.3 is 0 Å². The molecule has 134 valence electrons. The van der Waals surface area contributed by atoms with E-state index in [0.29, 0.717) is 23.4 Å². The second-order valence-electron chi connectivity index (χ2n) is 6.69. The van der Waals surface area contributed by atoms with Crippen LogP contribution in [0.2, 0.25) is 0 Å². The largest absolute Gasteiger partial charge is 0.464 e. The first-order valence-electron chi connectivity index (χ1n) is 8.84. The predicted octanol–water partition coefficient (Wildman–Crippen LogP) is 2.24. The van der Waals surface area contributed by atoms with Crippen LogP contribution in [0.15, 0.2) is 64.1 Å². The lowest BCUT2D eigenvalue weighted by molar-refractivity contribution is -0.121. The number of hydrogen-bond acceptors (Lipinski definition) is 4. The van der Waals surface area contributed by atoms with Gasteiger partial charge in [0, 0.05) is 31.5 Å². The third-order valence-electron chi connectivity index (χ3n) is 4.90. The van der Waals surface area contributed by atoms with E-state index in [2.05, 4.69) is 22.3 Å². The first-order chi connectivity index (χ1) is 12.7. The maximum Gasteiger partial charge on any atom is 0.262 e. The number of amides is 1. The van der Waals surface area contributed by atoms with Gasteiger partial charge < -0.3 is 19.2 Å². The average Bonchev–Trinajstić information content (AvgIpc) is 3.33. The highest BCUT2D eigenvalue weighted by Crippen LogP contribution is 2.22. The molecule has 6 nitrogen and oxygen atoms in total. The fourth-order valence-corrected chi connectivity index (χ4v) is 3.47. The van der Waals surface area contributed by atoms with Crippen LogP contribution in [0, 0.1) is 5.92 Å². The molecule has 1 saturated heterocycles. The Morgan fingerprint density at radius 3 is 2.88 bits per heavy atom. The summed E-state index contributed by atoms with van der Waals surface area (Å²) in [7, 11) is 0. The van der Waals surface area contributed by atoms with Crippen LogP contribution in [0.3, 0.4) is 0 Å². The minimum absolute atomic E-state index is 0.0229. The van der Waals surface area contributed by atoms with E-state index in [4.69, 9.17) is 4.42 Å². The van der Waals surface area contributed by atoms with Crippen molar-refractivity contribution < 1.29 is 9.21 Å². The van der Waals surface area contributed by atoms with E-state index in [1.54, 1.807) is 18.3 Å². The number of anilines is 1. The van der Waals surface area contributed by atoms with Crippen LogP contribution in [-0.4, -0.2) is 30.1 Å². The molecule has 0 bridgehead atoms. The normalized spacial score (nSPS) is 16.9. The highest BCUT2D eigenvalue weighted by molar-refractivity contribution is 5.78. The number of aromatic nitrogens is 1. The van der Waals surface area contributed by atoms with Gasteiger partial charge in [-0.3, -0.25) is 9.59 Å². The van der Waals surface area contributed by atoms with Crippen LogP contribution in [0.4, 0.5) is 5.69 Å². The topological polar surface area (TPSA) is 67.5 Å². The maximum absolute atomic E-state index is 12.3. The molecule has 0 spiro atoms. The number of benzene rings is 1. The molecule has 0 aliphatic carbocycles. The van der Waals surface area contributed by atoms with Crippen LogP contribution in [0.5, 0.6) is 0 Å². The Morgan fingerprint density at radius 1 is 1.19 bits per heavy atom. The minimum Gasteiger partial charge on any atom is -0.464 e. The molecule has 1 aromatic carbocycles. The van der Waals surface area contributed by atoms with Crippen molar-refractivity contribution in [3.8, 4) is 0 Å². The molecule has 3 heterocycles. The van der Waals surface area contributed by atoms with E-state index >= 15 is 0 Å². The molecule has 1 aliphatic heterocycles. The number of hydrogen-bond donors (Lipinski definition) is 1. The summed E-state index contributed by atoms with van der Waals surface area (Å²) < 4.78 is 6.62. The molecule has 3 aromatic rings. The molecule has 1 aliphatic rings. The molecular weight excluding hydrogens is 330 g/mol. The average molecular weight is 351 g/mol. The molecular formula is C20H21N3O3. The van der Waals surface area contributed by atoms with Gasteiger partial charge in [-0.15, -0.1) is 0 Å². The summed E-state index contributed by atoms with van der Waals surface area (Å²) in [5, 5.41) is 3.46. The van der Waals surface area contributed by atoms with Crippen LogP contribution >= 0.6 is 0 Å². The summed E-state index contributed by atoms with van der Waals surface area (Å²) in [6, 6.07) is 13.7. The lowest BCUT2D eigenvalue weighted by Gasteiger charge is -2.18. The van der Waals surface area contributed by atoms with Crippen LogP contribution in [0.25, 0.3) is 11.0 Å². The van der Waals surface area contributed by atoms with E-state index in [-0.39, 0.29) is 18.0 Å². The number of rotatable bonds is 5. The minimum atomic E-state index is -0.206. The van der Waals surface area contributed by atoms with E-state index in [0.717, 1.165) is 19.5 Å². The van der Waals surface area contributed by atoms with E-state index < -0.39 is 0 Å². The SMILES string of the molecule is O=C(Cn1ccc2occc2c1=O)NCC1CCN(c2ccccc2)C1. The zero-order valence-electron chi connectivity index (χ0n) is 14.4. The number of furan rings is 1. The molecule has 1 fully saturated rings. The zero-order valence-corrected chi connectivity index (χ0v) is 14.4. The summed E-state index contributed by atoms with van der Waals surface area (Å²) in [5.41, 5.74) is 1.56. The van der Waals surface area contributed by atoms with Crippen molar-refractivity contribution in [1.29, 1.82) is 0 Å². The summed E-state index contributed by atoms with van der Waals surface area (Å²) in [6.45, 7) is 2.59. The van der Waals surface area contributed by atoms with Crippen LogP contribution < -0.4 is 15.8 Å². The summed E-state index contributed by atoms with van der Waals surface area (Å²) in [4.78, 5) is 26.9. The summed E-state index contributed by atoms with van der Waals surface area (Å²) >= 11 is 0. The van der Waals surface area contributed by atoms with Crippen LogP contribution in [-0.2, 0) is 11.3 Å². The number of carbonyl (C=O) groups excluding carboxylic acids is 1. The highest BCUT2D eigenvalue weighted by Gasteiger charge is 2.23. The molecule has 1 atom stereocenters. The number of nitrogens with one attached hydrogen (secondary N) is 1. The van der Waals surface area contributed by atoms with Crippen molar-refractivity contribution >= 4 is 22.6 Å². The number of nitrogens with zero attached hydrogens (tertiary/aromatic N) is 2. The Morgan fingerprint density at radius 2 is 2.04 bits per heavy atom. The van der Waals surface area contributed by atoms with Gasteiger partial charge in [0.1, 0.15) is 12.1 Å². The highest BCUT2D eigenvalue weighted by atomic mass is 16.3. The Kier molecular flexibility index (Phi) is 4.48. The van der Waals surface area contributed by atoms with E-state index in [1.165, 1.54) is 16.5 Å². The molecule has 0 saturated carbocycles. The summed E-state index contributed by atoms with van der Waals surface area (Å²) in [5.74, 6) is 0.278. The van der Waals surface area contributed by atoms with E-state index in [9.17, 15) is 9.59 Å². The number of fused-ring (bicyclic) bond motifs is 1. The molecule has 6 heteroatoms. The second-order valence-corrected chi connectivity index (χ2v) is 6.69. The molecule has 26 heavy (non-hydrogen) atoms. The smallest absolute Gasteiger partial charge is 0.262 e. The van der Waals surface area contributed by atoms with E-state index in [1.807, 2.05) is 18.2 Å². The quantitative estimate of drug-likeness (QED) is 0.765. The number of para-hydroxylation sites is 1. The monoisotopic (exact) mass is 351 g/mol. The van der Waals surface area contributed by atoms with Crippen molar-refractivity contribution in [1.82, 2.24) is 9.88 Å². The van der Waals surface area contributed by atoms with Crippen molar-refractivity contribution in [2.75, 3.05) is 24.5 Å². The lowest BCUT2D eigenvalue weighted by Crippen LogP contribution is -2.35. The fourth-order valence-electron chi connectivity index (χ4n) is 3.47. The van der Waals surface area contributed by atoms with Crippen molar-refractivity contribution in [3.05, 3.63) is 65.3 Å². The zero-order chi connectivity index (χ0) is 17.9. The lowest BCUT2D eigenvalue weighted by atomic mass is 10.1. The first kappa shape index (κ1) is 16.4. The van der Waals surface area contributed by atoms with Gasteiger partial charge in [-0.25, -0.2) is 0 Å². The fraction of sp³-hybridized carbons (Fsp3) is 0.300. The van der Waals surface area contributed by atoms with Crippen LogP contribution in [0.1, 0.15) is 6.42 Å². The standard InChI is InChI=1S/C20H21N3O3/c24-19(14-23-10-7-18-17(20(23)25)8-11-26-18)21-12-15-6-9-22(13-15)16-4-2-1-3-5-16/h1-5,7-8,10-11,15H,6,9,12-14H2,(H,21,24). The maximum atomic E-state index is 12.3. The molecule has 1 unspecified atom stereocenters. The Balaban J connectivity index is 1.31. The molecule has 2 aromatic heterocycles. The summed E-state index contributed by atoms with van der Waals surface area (Å²) in [6.07, 6.45) is 4.13. The molecule has 0 radical (unpaired) electrons. The third-order valence-corrected chi connectivity index (χ3v) is 4.90. The Bertz CT molecular complexity index is 961. The van der Waals surface area contributed by atoms with Gasteiger partial charge in [-0.1, -0.05) is 18.2 Å². The number of pyridine rings is 1. The van der Waals surface area contributed by atoms with Crippen molar-refractivity contribution in [2.24, 2.45) is 5.92 Å². The Hall–Kier alpha value is -3.02. The molecule has 1 amide bonds. The third kappa shape index (κ3) is 3.35. The van der Waals surface area contributed by atoms with Crippen molar-refractivity contribution in [2.45, 2.75) is 13.0 Å². The second kappa shape index (κ2) is 7.07. The van der Waals surface area contributed by atoms with Gasteiger partial charge in [0.25, 0.3) is 5.56 Å². The molecule has 4 rings (SSSR count). The van der Waals surface area contributed by atoms with Crippen molar-refractivity contribution in [3.63, 3.8) is 0 Å². The first-order valence-corrected chi connectivity index (χ1v) is 8.84. The predicted molar refractivity (Wildman–Crippen MR) is 100 cm³/mol. The van der Waals surface area contributed by atoms with Gasteiger partial charge in [-0.05, 0) is 36.6 Å². The van der Waals surface area contributed by atoms with Gasteiger partial charge in [0.05, 0.1) is 11.6 Å². The Labute approximate surface area is 151 Å².